The molecule has 3 aromatic rings. The van der Waals surface area contributed by atoms with E-state index in [9.17, 15) is 9.18 Å². The Kier molecular flexibility index (Phi) is 4.43. The summed E-state index contributed by atoms with van der Waals surface area (Å²) in [5.41, 5.74) is 5.20. The van der Waals surface area contributed by atoms with Crippen LogP contribution >= 0.6 is 11.3 Å². The summed E-state index contributed by atoms with van der Waals surface area (Å²) >= 11 is 1.09. The van der Waals surface area contributed by atoms with Crippen LogP contribution in [0.2, 0.25) is 0 Å². The fraction of sp³-hybridized carbons (Fsp3) is 0.0588. The summed E-state index contributed by atoms with van der Waals surface area (Å²) in [6.07, 6.45) is 0.917. The first kappa shape index (κ1) is 15.9. The van der Waals surface area contributed by atoms with Crippen molar-refractivity contribution >= 4 is 33.7 Å². The van der Waals surface area contributed by atoms with Gasteiger partial charge in [0, 0.05) is 10.1 Å². The van der Waals surface area contributed by atoms with E-state index in [0.717, 1.165) is 17.7 Å². The van der Waals surface area contributed by atoms with Crippen molar-refractivity contribution in [2.75, 3.05) is 7.11 Å². The molecule has 1 heterocycles. The van der Waals surface area contributed by atoms with Gasteiger partial charge in [0.1, 0.15) is 10.6 Å². The number of ether oxygens (including phenoxy) is 2. The van der Waals surface area contributed by atoms with Crippen molar-refractivity contribution in [3.63, 3.8) is 0 Å². The van der Waals surface area contributed by atoms with Gasteiger partial charge in [-0.3, -0.25) is 4.79 Å². The molecule has 0 bridgehead atoms. The molecule has 1 aromatic heterocycles. The zero-order valence-electron chi connectivity index (χ0n) is 12.7. The van der Waals surface area contributed by atoms with Crippen molar-refractivity contribution in [2.45, 2.75) is 0 Å². The van der Waals surface area contributed by atoms with Crippen LogP contribution in [0.1, 0.15) is 9.67 Å². The van der Waals surface area contributed by atoms with Crippen LogP contribution in [-0.4, -0.2) is 19.4 Å². The van der Waals surface area contributed by atoms with E-state index in [-0.39, 0.29) is 10.6 Å². The lowest BCUT2D eigenvalue weighted by Crippen LogP contribution is -1.99. The van der Waals surface area contributed by atoms with Crippen molar-refractivity contribution in [1.82, 2.24) is 0 Å². The van der Waals surface area contributed by atoms with E-state index < -0.39 is 11.7 Å². The third kappa shape index (κ3) is 2.93. The minimum absolute atomic E-state index is 0.0690. The summed E-state index contributed by atoms with van der Waals surface area (Å²) in [4.78, 5) is 16.0. The number of aliphatic imine (C=N–C) groups is 1. The number of rotatable bonds is 4. The Morgan fingerprint density at radius 3 is 2.71 bits per heavy atom. The maximum absolute atomic E-state index is 13.9. The smallest absolute Gasteiger partial charge is 0.292 e. The molecular weight excluding hydrogens is 331 g/mol. The van der Waals surface area contributed by atoms with Gasteiger partial charge in [0.15, 0.2) is 17.3 Å². The number of hydrogen-bond acceptors (Lipinski definition) is 4. The topological polar surface area (TPSA) is 73.9 Å². The van der Waals surface area contributed by atoms with Crippen molar-refractivity contribution in [3.8, 4) is 17.2 Å². The van der Waals surface area contributed by atoms with Crippen molar-refractivity contribution in [2.24, 2.45) is 10.7 Å². The maximum atomic E-state index is 13.9. The number of amides is 1. The number of nitrogens with two attached hydrogens (primary N) is 1. The molecule has 2 N–H and O–H groups in total. The molecule has 0 aliphatic rings. The third-order valence-electron chi connectivity index (χ3n) is 3.27. The molecule has 0 unspecified atom stereocenters. The van der Waals surface area contributed by atoms with Gasteiger partial charge in [-0.2, -0.15) is 4.99 Å². The van der Waals surface area contributed by atoms with E-state index >= 15 is 0 Å². The Bertz CT molecular complexity index is 922. The number of carbonyl (C=O) groups is 1. The summed E-state index contributed by atoms with van der Waals surface area (Å²) in [5.74, 6) is -0.149. The van der Waals surface area contributed by atoms with Gasteiger partial charge >= 0.3 is 0 Å². The predicted molar refractivity (Wildman–Crippen MR) is 91.9 cm³/mol. The van der Waals surface area contributed by atoms with Gasteiger partial charge < -0.3 is 15.2 Å². The predicted octanol–water partition coefficient (Wildman–Crippen LogP) is 3.97. The Labute approximate surface area is 141 Å². The summed E-state index contributed by atoms with van der Waals surface area (Å²) in [5, 5.41) is 0.567. The van der Waals surface area contributed by atoms with Crippen molar-refractivity contribution in [1.29, 1.82) is 0 Å². The zero-order chi connectivity index (χ0) is 17.1. The van der Waals surface area contributed by atoms with Gasteiger partial charge in [-0.25, -0.2) is 4.39 Å². The van der Waals surface area contributed by atoms with Gasteiger partial charge in [0.2, 0.25) is 0 Å². The van der Waals surface area contributed by atoms with Crippen LogP contribution < -0.4 is 15.2 Å². The molecular formula is C17H13FN2O3S. The van der Waals surface area contributed by atoms with Crippen molar-refractivity contribution in [3.05, 3.63) is 53.2 Å². The summed E-state index contributed by atoms with van der Waals surface area (Å²) in [6, 6.07) is 11.8. The monoisotopic (exact) mass is 344 g/mol. The first-order chi connectivity index (χ1) is 11.6. The van der Waals surface area contributed by atoms with Gasteiger partial charge in [-0.1, -0.05) is 18.2 Å². The molecule has 3 rings (SSSR count). The molecule has 24 heavy (non-hydrogen) atoms. The average Bonchev–Trinajstić information content (AvgIpc) is 2.92. The number of benzene rings is 2. The molecule has 0 aliphatic heterocycles. The third-order valence-corrected chi connectivity index (χ3v) is 4.39. The van der Waals surface area contributed by atoms with Crippen LogP contribution in [0.5, 0.6) is 17.2 Å². The molecule has 0 saturated heterocycles. The Morgan fingerprint density at radius 2 is 2.04 bits per heavy atom. The highest BCUT2D eigenvalue weighted by atomic mass is 32.1. The second kappa shape index (κ2) is 6.67. The quantitative estimate of drug-likeness (QED) is 0.574. The van der Waals surface area contributed by atoms with E-state index in [2.05, 4.69) is 4.99 Å². The minimum Gasteiger partial charge on any atom is -0.494 e. The van der Waals surface area contributed by atoms with Crippen LogP contribution in [0, 0.1) is 5.82 Å². The molecule has 2 aromatic carbocycles. The minimum atomic E-state index is -0.552. The van der Waals surface area contributed by atoms with Crippen LogP contribution in [0.4, 0.5) is 4.39 Å². The molecule has 7 heteroatoms. The number of nitrogens with zero attached hydrogens (tertiary/aromatic N) is 1. The van der Waals surface area contributed by atoms with Crippen LogP contribution in [0.15, 0.2) is 47.5 Å². The Balaban J connectivity index is 2.21. The van der Waals surface area contributed by atoms with Gasteiger partial charge in [0.05, 0.1) is 13.4 Å². The second-order valence-electron chi connectivity index (χ2n) is 4.74. The number of thiophene rings is 1. The van der Waals surface area contributed by atoms with Crippen molar-refractivity contribution < 1.29 is 18.7 Å². The van der Waals surface area contributed by atoms with Crippen LogP contribution in [0.25, 0.3) is 10.1 Å². The van der Waals surface area contributed by atoms with E-state index in [1.165, 1.54) is 19.2 Å². The molecule has 0 fully saturated rings. The molecule has 0 aliphatic carbocycles. The molecule has 0 saturated carbocycles. The number of carbonyl (C=O) groups excluding carboxylic acids is 1. The highest BCUT2D eigenvalue weighted by Gasteiger charge is 2.22. The van der Waals surface area contributed by atoms with Gasteiger partial charge in [0.25, 0.3) is 5.91 Å². The van der Waals surface area contributed by atoms with Crippen LogP contribution in [0.3, 0.4) is 0 Å². The molecule has 0 spiro atoms. The zero-order valence-corrected chi connectivity index (χ0v) is 13.5. The number of hydrogen-bond donors (Lipinski definition) is 1. The number of halogens is 1. The highest BCUT2D eigenvalue weighted by molar-refractivity contribution is 7.21. The second-order valence-corrected chi connectivity index (χ2v) is 5.79. The Morgan fingerprint density at radius 1 is 1.29 bits per heavy atom. The molecule has 5 nitrogen and oxygen atoms in total. The summed E-state index contributed by atoms with van der Waals surface area (Å²) in [6.45, 7) is 0. The summed E-state index contributed by atoms with van der Waals surface area (Å²) < 4.78 is 25.4. The standard InChI is InChI=1S/C17H13FN2O3S/c1-22-13-7-11-14(8-12(13)18)24-16(17(21)20-9-19)15(11)23-10-5-3-2-4-6-10/h2-9H,1H3,(H2,19,20,21). The fourth-order valence-electron chi connectivity index (χ4n) is 2.21. The van der Waals surface area contributed by atoms with Gasteiger partial charge in [-0.15, -0.1) is 11.3 Å². The molecule has 122 valence electrons. The normalized spacial score (nSPS) is 11.1. The van der Waals surface area contributed by atoms with E-state index in [1.807, 2.05) is 18.2 Å². The average molecular weight is 344 g/mol. The lowest BCUT2D eigenvalue weighted by Gasteiger charge is -2.07. The SMILES string of the molecule is COc1cc2c(Oc3ccccc3)c(C(=O)N=CN)sc2cc1F. The first-order valence-corrected chi connectivity index (χ1v) is 7.77. The van der Waals surface area contributed by atoms with E-state index in [4.69, 9.17) is 15.2 Å². The number of methoxy groups -OCH3 is 1. The summed E-state index contributed by atoms with van der Waals surface area (Å²) in [7, 11) is 1.37. The maximum Gasteiger partial charge on any atom is 0.292 e. The largest absolute Gasteiger partial charge is 0.494 e. The molecule has 1 amide bonds. The first-order valence-electron chi connectivity index (χ1n) is 6.95. The van der Waals surface area contributed by atoms with E-state index in [0.29, 0.717) is 21.6 Å². The van der Waals surface area contributed by atoms with E-state index in [1.54, 1.807) is 12.1 Å². The molecule has 0 radical (unpaired) electrons. The fourth-order valence-corrected chi connectivity index (χ4v) is 3.24. The number of fused-ring (bicyclic) bond motifs is 1. The molecule has 0 atom stereocenters. The lowest BCUT2D eigenvalue weighted by molar-refractivity contribution is 0.101. The lowest BCUT2D eigenvalue weighted by atomic mass is 10.2. The highest BCUT2D eigenvalue weighted by Crippen LogP contribution is 2.43. The Hall–Kier alpha value is -2.93. The van der Waals surface area contributed by atoms with Gasteiger partial charge in [-0.05, 0) is 24.3 Å². The number of para-hydroxylation sites is 1. The van der Waals surface area contributed by atoms with Crippen LogP contribution in [-0.2, 0) is 0 Å².